The smallest absolute Gasteiger partial charge is 0.171 e. The van der Waals surface area contributed by atoms with Gasteiger partial charge in [0.05, 0.1) is 25.4 Å². The van der Waals surface area contributed by atoms with Crippen LogP contribution in [0.25, 0.3) is 0 Å². The van der Waals surface area contributed by atoms with E-state index < -0.39 is 0 Å². The Morgan fingerprint density at radius 2 is 1.79 bits per heavy atom. The van der Waals surface area contributed by atoms with Crippen molar-refractivity contribution in [3.8, 4) is 11.5 Å². The van der Waals surface area contributed by atoms with E-state index in [4.69, 9.17) is 21.7 Å². The minimum absolute atomic E-state index is 0.134. The lowest BCUT2D eigenvalue weighted by atomic mass is 10.0. The van der Waals surface area contributed by atoms with Crippen molar-refractivity contribution >= 4 is 23.0 Å². The van der Waals surface area contributed by atoms with Crippen LogP contribution in [0.15, 0.2) is 48.5 Å². The number of anilines is 1. The molecular weight excluding hydrogens is 320 g/mol. The Bertz CT molecular complexity index is 659. The van der Waals surface area contributed by atoms with Crippen LogP contribution in [0.5, 0.6) is 11.5 Å². The molecule has 0 saturated heterocycles. The van der Waals surface area contributed by atoms with Crippen molar-refractivity contribution in [1.29, 1.82) is 0 Å². The standard InChI is InChI=1S/C19H24N2O2S/c1-4-16(14-10-12-15(22-3)13-11-14)20-19(24)21-17-8-6-7-9-18(17)23-5-2/h6-13,16H,4-5H2,1-3H3,(H2,20,21,24)/t16-/m0/s1. The first-order valence-corrected chi connectivity index (χ1v) is 8.52. The van der Waals surface area contributed by atoms with Gasteiger partial charge in [-0.05, 0) is 55.4 Å². The van der Waals surface area contributed by atoms with Crippen LogP contribution in [0.1, 0.15) is 31.9 Å². The fourth-order valence-corrected chi connectivity index (χ4v) is 2.68. The summed E-state index contributed by atoms with van der Waals surface area (Å²) in [6.07, 6.45) is 0.918. The molecule has 0 heterocycles. The van der Waals surface area contributed by atoms with Gasteiger partial charge < -0.3 is 20.1 Å². The van der Waals surface area contributed by atoms with E-state index in [1.807, 2.05) is 43.3 Å². The normalized spacial score (nSPS) is 11.5. The molecule has 0 radical (unpaired) electrons. The Kier molecular flexibility index (Phi) is 6.88. The molecule has 0 aliphatic heterocycles. The summed E-state index contributed by atoms with van der Waals surface area (Å²) in [6, 6.07) is 15.9. The molecule has 2 rings (SSSR count). The van der Waals surface area contributed by atoms with Gasteiger partial charge in [-0.3, -0.25) is 0 Å². The Morgan fingerprint density at radius 3 is 2.42 bits per heavy atom. The van der Waals surface area contributed by atoms with Gasteiger partial charge in [0.15, 0.2) is 5.11 Å². The van der Waals surface area contributed by atoms with Gasteiger partial charge in [-0.1, -0.05) is 31.2 Å². The summed E-state index contributed by atoms with van der Waals surface area (Å²) in [5, 5.41) is 7.16. The molecule has 0 spiro atoms. The monoisotopic (exact) mass is 344 g/mol. The van der Waals surface area contributed by atoms with Crippen molar-refractivity contribution in [3.63, 3.8) is 0 Å². The summed E-state index contributed by atoms with van der Waals surface area (Å²) in [4.78, 5) is 0. The lowest BCUT2D eigenvalue weighted by Crippen LogP contribution is -2.32. The highest BCUT2D eigenvalue weighted by molar-refractivity contribution is 7.80. The molecule has 0 fully saturated rings. The molecular formula is C19H24N2O2S. The van der Waals surface area contributed by atoms with Crippen LogP contribution in [-0.4, -0.2) is 18.8 Å². The fraction of sp³-hybridized carbons (Fsp3) is 0.316. The van der Waals surface area contributed by atoms with Gasteiger partial charge in [0.1, 0.15) is 11.5 Å². The molecule has 1 atom stereocenters. The number of hydrogen-bond acceptors (Lipinski definition) is 3. The molecule has 0 amide bonds. The maximum Gasteiger partial charge on any atom is 0.171 e. The molecule has 0 bridgehead atoms. The zero-order valence-corrected chi connectivity index (χ0v) is 15.2. The summed E-state index contributed by atoms with van der Waals surface area (Å²) >= 11 is 5.47. The van der Waals surface area contributed by atoms with Gasteiger partial charge in [-0.15, -0.1) is 0 Å². The first-order valence-electron chi connectivity index (χ1n) is 8.11. The second-order valence-electron chi connectivity index (χ2n) is 5.26. The summed E-state index contributed by atoms with van der Waals surface area (Å²) in [5.41, 5.74) is 2.03. The number of nitrogens with one attached hydrogen (secondary N) is 2. The minimum Gasteiger partial charge on any atom is -0.497 e. The molecule has 4 nitrogen and oxygen atoms in total. The third-order valence-electron chi connectivity index (χ3n) is 3.67. The van der Waals surface area contributed by atoms with Gasteiger partial charge in [0.2, 0.25) is 0 Å². The average molecular weight is 344 g/mol. The molecule has 2 aromatic rings. The number of methoxy groups -OCH3 is 1. The first-order chi connectivity index (χ1) is 11.7. The number of hydrogen-bond donors (Lipinski definition) is 2. The number of ether oxygens (including phenoxy) is 2. The molecule has 0 aromatic heterocycles. The van der Waals surface area contributed by atoms with Crippen LogP contribution in [0.2, 0.25) is 0 Å². The SMILES string of the molecule is CCOc1ccccc1NC(=S)N[C@@H](CC)c1ccc(OC)cc1. The molecule has 2 aromatic carbocycles. The Morgan fingerprint density at radius 1 is 1.08 bits per heavy atom. The minimum atomic E-state index is 0.134. The van der Waals surface area contributed by atoms with Gasteiger partial charge in [0, 0.05) is 0 Å². The van der Waals surface area contributed by atoms with Crippen molar-refractivity contribution in [2.75, 3.05) is 19.0 Å². The lowest BCUT2D eigenvalue weighted by molar-refractivity contribution is 0.342. The summed E-state index contributed by atoms with van der Waals surface area (Å²) in [7, 11) is 1.67. The van der Waals surface area contributed by atoms with E-state index in [-0.39, 0.29) is 6.04 Å². The second kappa shape index (κ2) is 9.13. The van der Waals surface area contributed by atoms with Crippen molar-refractivity contribution < 1.29 is 9.47 Å². The van der Waals surface area contributed by atoms with Gasteiger partial charge in [-0.25, -0.2) is 0 Å². The summed E-state index contributed by atoms with van der Waals surface area (Å²) < 4.78 is 10.8. The average Bonchev–Trinajstić information content (AvgIpc) is 2.62. The molecule has 24 heavy (non-hydrogen) atoms. The number of rotatable bonds is 7. The summed E-state index contributed by atoms with van der Waals surface area (Å²) in [5.74, 6) is 1.64. The Hall–Kier alpha value is -2.27. The van der Waals surface area contributed by atoms with E-state index in [9.17, 15) is 0 Å². The topological polar surface area (TPSA) is 42.5 Å². The predicted molar refractivity (Wildman–Crippen MR) is 103 cm³/mol. The quantitative estimate of drug-likeness (QED) is 0.722. The third-order valence-corrected chi connectivity index (χ3v) is 3.89. The van der Waals surface area contributed by atoms with E-state index in [2.05, 4.69) is 29.7 Å². The molecule has 5 heteroatoms. The van der Waals surface area contributed by atoms with E-state index in [1.54, 1.807) is 7.11 Å². The van der Waals surface area contributed by atoms with Gasteiger partial charge in [-0.2, -0.15) is 0 Å². The van der Waals surface area contributed by atoms with Gasteiger partial charge >= 0.3 is 0 Å². The molecule has 0 unspecified atom stereocenters. The van der Waals surface area contributed by atoms with Crippen molar-refractivity contribution in [2.24, 2.45) is 0 Å². The molecule has 0 aliphatic rings. The maximum absolute atomic E-state index is 5.62. The van der Waals surface area contributed by atoms with Crippen LogP contribution in [0.4, 0.5) is 5.69 Å². The van der Waals surface area contributed by atoms with E-state index in [0.717, 1.165) is 23.6 Å². The predicted octanol–water partition coefficient (Wildman–Crippen LogP) is 4.53. The van der Waals surface area contributed by atoms with E-state index >= 15 is 0 Å². The lowest BCUT2D eigenvalue weighted by Gasteiger charge is -2.21. The van der Waals surface area contributed by atoms with E-state index in [1.165, 1.54) is 5.56 Å². The Labute approximate surface area is 149 Å². The number of thiocarbonyl (C=S) groups is 1. The van der Waals surface area contributed by atoms with Crippen molar-refractivity contribution in [2.45, 2.75) is 26.3 Å². The van der Waals surface area contributed by atoms with Crippen LogP contribution in [-0.2, 0) is 0 Å². The molecule has 0 saturated carbocycles. The zero-order valence-electron chi connectivity index (χ0n) is 14.3. The molecule has 0 aliphatic carbocycles. The van der Waals surface area contributed by atoms with Crippen LogP contribution in [0.3, 0.4) is 0 Å². The van der Waals surface area contributed by atoms with E-state index in [0.29, 0.717) is 11.7 Å². The maximum atomic E-state index is 5.62. The molecule has 128 valence electrons. The highest BCUT2D eigenvalue weighted by Gasteiger charge is 2.12. The highest BCUT2D eigenvalue weighted by atomic mass is 32.1. The van der Waals surface area contributed by atoms with Gasteiger partial charge in [0.25, 0.3) is 0 Å². The van der Waals surface area contributed by atoms with Crippen LogP contribution in [0, 0.1) is 0 Å². The van der Waals surface area contributed by atoms with Crippen molar-refractivity contribution in [3.05, 3.63) is 54.1 Å². The number of benzene rings is 2. The Balaban J connectivity index is 2.04. The van der Waals surface area contributed by atoms with Crippen LogP contribution >= 0.6 is 12.2 Å². The van der Waals surface area contributed by atoms with Crippen molar-refractivity contribution in [1.82, 2.24) is 5.32 Å². The summed E-state index contributed by atoms with van der Waals surface area (Å²) in [6.45, 7) is 4.70. The zero-order chi connectivity index (χ0) is 17.4. The molecule has 2 N–H and O–H groups in total. The third kappa shape index (κ3) is 4.86. The first kappa shape index (κ1) is 18.1. The largest absolute Gasteiger partial charge is 0.497 e. The fourth-order valence-electron chi connectivity index (χ4n) is 2.43. The van der Waals surface area contributed by atoms with Crippen LogP contribution < -0.4 is 20.1 Å². The second-order valence-corrected chi connectivity index (χ2v) is 5.67. The number of para-hydroxylation sites is 2. The highest BCUT2D eigenvalue weighted by Crippen LogP contribution is 2.24.